The fourth-order valence-corrected chi connectivity index (χ4v) is 2.51. The van der Waals surface area contributed by atoms with Crippen molar-refractivity contribution in [2.75, 3.05) is 0 Å². The Labute approximate surface area is 113 Å². The van der Waals surface area contributed by atoms with Crippen LogP contribution in [0.25, 0.3) is 0 Å². The third-order valence-electron chi connectivity index (χ3n) is 3.42. The second kappa shape index (κ2) is 5.14. The van der Waals surface area contributed by atoms with Gasteiger partial charge in [-0.25, -0.2) is 4.39 Å². The van der Waals surface area contributed by atoms with Gasteiger partial charge in [-0.05, 0) is 49.6 Å². The fraction of sp³-hybridized carbons (Fsp3) is 0.294. The zero-order chi connectivity index (χ0) is 14.0. The zero-order valence-electron chi connectivity index (χ0n) is 11.6. The number of hydrogen-bond donors (Lipinski definition) is 1. The van der Waals surface area contributed by atoms with Crippen molar-refractivity contribution in [1.82, 2.24) is 0 Å². The van der Waals surface area contributed by atoms with Crippen LogP contribution in [-0.2, 0) is 12.0 Å². The van der Waals surface area contributed by atoms with Gasteiger partial charge in [0.05, 0.1) is 5.60 Å². The van der Waals surface area contributed by atoms with Gasteiger partial charge >= 0.3 is 0 Å². The second-order valence-corrected chi connectivity index (χ2v) is 5.40. The number of aliphatic hydroxyl groups is 1. The van der Waals surface area contributed by atoms with Crippen molar-refractivity contribution < 1.29 is 9.50 Å². The molecule has 1 unspecified atom stereocenters. The Morgan fingerprint density at radius 2 is 1.68 bits per heavy atom. The molecule has 1 N–H and O–H groups in total. The Balaban J connectivity index is 2.29. The number of aryl methyl sites for hydroxylation is 2. The van der Waals surface area contributed by atoms with Crippen LogP contribution in [0.5, 0.6) is 0 Å². The lowest BCUT2D eigenvalue weighted by molar-refractivity contribution is 0.0569. The van der Waals surface area contributed by atoms with Crippen LogP contribution in [-0.4, -0.2) is 5.11 Å². The van der Waals surface area contributed by atoms with Crippen molar-refractivity contribution in [1.29, 1.82) is 0 Å². The summed E-state index contributed by atoms with van der Waals surface area (Å²) < 4.78 is 12.9. The molecule has 0 saturated carbocycles. The Hall–Kier alpha value is -1.67. The van der Waals surface area contributed by atoms with E-state index < -0.39 is 5.60 Å². The minimum atomic E-state index is -0.949. The van der Waals surface area contributed by atoms with Gasteiger partial charge in [-0.3, -0.25) is 0 Å². The molecule has 0 radical (unpaired) electrons. The van der Waals surface area contributed by atoms with E-state index in [1.807, 2.05) is 26.0 Å². The van der Waals surface area contributed by atoms with E-state index in [9.17, 15) is 9.50 Å². The lowest BCUT2D eigenvalue weighted by Crippen LogP contribution is -2.25. The molecule has 100 valence electrons. The van der Waals surface area contributed by atoms with Gasteiger partial charge in [0.1, 0.15) is 5.82 Å². The van der Waals surface area contributed by atoms with Gasteiger partial charge in [-0.2, -0.15) is 0 Å². The monoisotopic (exact) mass is 258 g/mol. The Kier molecular flexibility index (Phi) is 3.72. The molecule has 0 saturated heterocycles. The minimum absolute atomic E-state index is 0.255. The maximum absolute atomic E-state index is 12.9. The van der Waals surface area contributed by atoms with E-state index in [0.717, 1.165) is 16.7 Å². The van der Waals surface area contributed by atoms with E-state index in [1.54, 1.807) is 19.1 Å². The summed E-state index contributed by atoms with van der Waals surface area (Å²) in [5.74, 6) is -0.255. The van der Waals surface area contributed by atoms with Gasteiger partial charge < -0.3 is 5.11 Å². The molecule has 0 bridgehead atoms. The van der Waals surface area contributed by atoms with E-state index in [4.69, 9.17) is 0 Å². The van der Waals surface area contributed by atoms with Crippen LogP contribution >= 0.6 is 0 Å². The van der Waals surface area contributed by atoms with Crippen molar-refractivity contribution in [2.45, 2.75) is 32.8 Å². The highest BCUT2D eigenvalue weighted by atomic mass is 19.1. The van der Waals surface area contributed by atoms with E-state index in [0.29, 0.717) is 6.42 Å². The van der Waals surface area contributed by atoms with Crippen LogP contribution in [0.15, 0.2) is 42.5 Å². The lowest BCUT2D eigenvalue weighted by Gasteiger charge is -2.26. The van der Waals surface area contributed by atoms with Crippen LogP contribution in [0.4, 0.5) is 4.39 Å². The van der Waals surface area contributed by atoms with Gasteiger partial charge in [0, 0.05) is 6.42 Å². The third kappa shape index (κ3) is 3.21. The molecule has 2 aromatic rings. The van der Waals surface area contributed by atoms with Gasteiger partial charge in [0.15, 0.2) is 0 Å². The molecule has 0 spiro atoms. The largest absolute Gasteiger partial charge is 0.385 e. The van der Waals surface area contributed by atoms with Gasteiger partial charge in [-0.1, -0.05) is 35.9 Å². The van der Waals surface area contributed by atoms with Gasteiger partial charge in [0.25, 0.3) is 0 Å². The number of benzene rings is 2. The van der Waals surface area contributed by atoms with E-state index in [-0.39, 0.29) is 5.82 Å². The number of halogens is 1. The molecule has 1 nitrogen and oxygen atoms in total. The fourth-order valence-electron chi connectivity index (χ4n) is 2.51. The molecule has 0 aromatic heterocycles. The SMILES string of the molecule is Cc1ccc(C(C)(O)Cc2ccc(F)cc2)c(C)c1. The van der Waals surface area contributed by atoms with Crippen LogP contribution < -0.4 is 0 Å². The Morgan fingerprint density at radius 1 is 1.05 bits per heavy atom. The van der Waals surface area contributed by atoms with Crippen LogP contribution in [0.2, 0.25) is 0 Å². The first kappa shape index (κ1) is 13.8. The minimum Gasteiger partial charge on any atom is -0.385 e. The average molecular weight is 258 g/mol. The molecule has 1 atom stereocenters. The first-order chi connectivity index (χ1) is 8.88. The predicted molar refractivity (Wildman–Crippen MR) is 75.6 cm³/mol. The topological polar surface area (TPSA) is 20.2 Å². The van der Waals surface area contributed by atoms with Crippen LogP contribution in [0.3, 0.4) is 0 Å². The third-order valence-corrected chi connectivity index (χ3v) is 3.42. The quantitative estimate of drug-likeness (QED) is 0.885. The summed E-state index contributed by atoms with van der Waals surface area (Å²) in [5, 5.41) is 10.7. The normalized spacial score (nSPS) is 14.2. The van der Waals surface area contributed by atoms with Crippen molar-refractivity contribution >= 4 is 0 Å². The maximum Gasteiger partial charge on any atom is 0.123 e. The summed E-state index contributed by atoms with van der Waals surface area (Å²) in [6.45, 7) is 5.83. The highest BCUT2D eigenvalue weighted by Crippen LogP contribution is 2.28. The molecule has 19 heavy (non-hydrogen) atoms. The molecule has 0 aliphatic heterocycles. The first-order valence-corrected chi connectivity index (χ1v) is 6.43. The summed E-state index contributed by atoms with van der Waals surface area (Å²) >= 11 is 0. The van der Waals surface area contributed by atoms with Crippen molar-refractivity contribution in [3.05, 3.63) is 70.5 Å². The maximum atomic E-state index is 12.9. The molecule has 0 amide bonds. The van der Waals surface area contributed by atoms with Crippen molar-refractivity contribution in [3.8, 4) is 0 Å². The van der Waals surface area contributed by atoms with Gasteiger partial charge in [0.2, 0.25) is 0 Å². The highest BCUT2D eigenvalue weighted by Gasteiger charge is 2.25. The lowest BCUT2D eigenvalue weighted by atomic mass is 9.86. The van der Waals surface area contributed by atoms with Crippen LogP contribution in [0.1, 0.15) is 29.2 Å². The smallest absolute Gasteiger partial charge is 0.123 e. The molecule has 2 aromatic carbocycles. The Morgan fingerprint density at radius 3 is 2.26 bits per heavy atom. The van der Waals surface area contributed by atoms with E-state index >= 15 is 0 Å². The predicted octanol–water partition coefficient (Wildman–Crippen LogP) is 3.89. The molecule has 2 rings (SSSR count). The van der Waals surface area contributed by atoms with E-state index in [2.05, 4.69) is 6.07 Å². The summed E-state index contributed by atoms with van der Waals surface area (Å²) in [7, 11) is 0. The highest BCUT2D eigenvalue weighted by molar-refractivity contribution is 5.35. The molecule has 0 aliphatic carbocycles. The standard InChI is InChI=1S/C17H19FO/c1-12-4-9-16(13(2)10-12)17(3,19)11-14-5-7-15(18)8-6-14/h4-10,19H,11H2,1-3H3. The summed E-state index contributed by atoms with van der Waals surface area (Å²) in [4.78, 5) is 0. The number of rotatable bonds is 3. The summed E-state index contributed by atoms with van der Waals surface area (Å²) in [6, 6.07) is 12.3. The summed E-state index contributed by atoms with van der Waals surface area (Å²) in [5.41, 5.74) is 3.15. The molecule has 2 heteroatoms. The molecule has 0 aliphatic rings. The average Bonchev–Trinajstić information content (AvgIpc) is 2.31. The molecular weight excluding hydrogens is 239 g/mol. The van der Waals surface area contributed by atoms with Gasteiger partial charge in [-0.15, -0.1) is 0 Å². The second-order valence-electron chi connectivity index (χ2n) is 5.40. The van der Waals surface area contributed by atoms with E-state index in [1.165, 1.54) is 17.7 Å². The first-order valence-electron chi connectivity index (χ1n) is 6.43. The zero-order valence-corrected chi connectivity index (χ0v) is 11.6. The summed E-state index contributed by atoms with van der Waals surface area (Å²) in [6.07, 6.45) is 0.469. The van der Waals surface area contributed by atoms with Crippen LogP contribution in [0, 0.1) is 19.7 Å². The van der Waals surface area contributed by atoms with Crippen molar-refractivity contribution in [2.24, 2.45) is 0 Å². The van der Waals surface area contributed by atoms with Crippen molar-refractivity contribution in [3.63, 3.8) is 0 Å². The Bertz CT molecular complexity index is 570. The molecular formula is C17H19FO. The number of hydrogen-bond acceptors (Lipinski definition) is 1. The molecule has 0 heterocycles. The molecule has 0 fully saturated rings.